The Morgan fingerprint density at radius 2 is 2.06 bits per heavy atom. The molecule has 1 spiro atoms. The fraction of sp³-hybridized carbons (Fsp3) is 0.478. The minimum Gasteiger partial charge on any atom is -0.442 e. The summed E-state index contributed by atoms with van der Waals surface area (Å²) in [7, 11) is -2.57. The molecule has 2 unspecified atom stereocenters. The number of carbonyl (C=O) groups is 3. The van der Waals surface area contributed by atoms with Crippen molar-refractivity contribution in [2.75, 3.05) is 36.0 Å². The molecule has 4 heterocycles. The summed E-state index contributed by atoms with van der Waals surface area (Å²) in [5, 5.41) is 2.69. The van der Waals surface area contributed by atoms with E-state index in [1.54, 1.807) is 4.90 Å². The van der Waals surface area contributed by atoms with Crippen molar-refractivity contribution >= 4 is 44.6 Å². The molecule has 0 aromatic carbocycles. The average molecular weight is 502 g/mol. The molecule has 3 fully saturated rings. The number of anilines is 1. The van der Waals surface area contributed by atoms with Crippen LogP contribution in [-0.4, -0.2) is 80.8 Å². The Labute approximate surface area is 201 Å². The first kappa shape index (κ1) is 22.2. The highest BCUT2D eigenvalue weighted by molar-refractivity contribution is 7.94. The third-order valence-corrected chi connectivity index (χ3v) is 9.61. The maximum absolute atomic E-state index is 15.7. The van der Waals surface area contributed by atoms with Crippen molar-refractivity contribution in [1.29, 1.82) is 0 Å². The topological polar surface area (TPSA) is 121 Å². The van der Waals surface area contributed by atoms with E-state index in [2.05, 4.69) is 9.68 Å². The number of fused-ring (bicyclic) bond motifs is 8. The second kappa shape index (κ2) is 7.36. The first-order valence-electron chi connectivity index (χ1n) is 11.5. The maximum Gasteiger partial charge on any atom is 0.411 e. The van der Waals surface area contributed by atoms with Crippen LogP contribution in [0.4, 0.5) is 15.0 Å². The zero-order chi connectivity index (χ0) is 24.7. The van der Waals surface area contributed by atoms with Gasteiger partial charge in [-0.2, -0.15) is 4.36 Å². The van der Waals surface area contributed by atoms with Crippen LogP contribution in [0.3, 0.4) is 0 Å². The molecule has 5 aliphatic rings. The lowest BCUT2D eigenvalue weighted by atomic mass is 9.85. The molecular formula is C23H24FN5O5S. The van der Waals surface area contributed by atoms with E-state index in [4.69, 9.17) is 9.72 Å². The second-order valence-corrected chi connectivity index (χ2v) is 12.0. The second-order valence-electron chi connectivity index (χ2n) is 9.45. The summed E-state index contributed by atoms with van der Waals surface area (Å²) in [6, 6.07) is 3.27. The normalized spacial score (nSPS) is 29.5. The number of halogens is 1. The number of carbonyl (C=O) groups excluding carboxylic acids is 3. The van der Waals surface area contributed by atoms with Crippen LogP contribution in [0.25, 0.3) is 11.1 Å². The van der Waals surface area contributed by atoms with E-state index in [0.717, 1.165) is 0 Å². The van der Waals surface area contributed by atoms with E-state index in [-0.39, 0.29) is 35.8 Å². The number of pyridine rings is 1. The lowest BCUT2D eigenvalue weighted by Crippen LogP contribution is -2.41. The molecule has 3 atom stereocenters. The molecule has 12 heteroatoms. The van der Waals surface area contributed by atoms with Gasteiger partial charge in [0.2, 0.25) is 5.91 Å². The Kier molecular flexibility index (Phi) is 4.67. The monoisotopic (exact) mass is 501 g/mol. The highest BCUT2D eigenvalue weighted by Gasteiger charge is 2.77. The Morgan fingerprint density at radius 1 is 1.31 bits per heavy atom. The van der Waals surface area contributed by atoms with Crippen molar-refractivity contribution in [1.82, 2.24) is 15.2 Å². The van der Waals surface area contributed by atoms with E-state index in [1.807, 2.05) is 23.1 Å². The fourth-order valence-electron chi connectivity index (χ4n) is 5.86. The van der Waals surface area contributed by atoms with E-state index in [1.165, 1.54) is 13.8 Å². The molecule has 3 amide bonds. The highest BCUT2D eigenvalue weighted by atomic mass is 32.2. The smallest absolute Gasteiger partial charge is 0.411 e. The maximum atomic E-state index is 15.7. The van der Waals surface area contributed by atoms with Gasteiger partial charge >= 0.3 is 6.09 Å². The van der Waals surface area contributed by atoms with Gasteiger partial charge in [0.15, 0.2) is 0 Å². The van der Waals surface area contributed by atoms with Gasteiger partial charge in [-0.15, -0.1) is 0 Å². The standard InChI is InChI=1S/C23H24FN5O5S/c1-12(30)25-11-16-21-23(29(21)22(32)34-16)6-5-14-15-3-4-17(26-20(15)18(23)19(14)24)28-7-9-35(33,10-8-28)27-13(2)31/h3-5,16,21H,6-11H2,1-2H3,(H,25,30)/t16-,21?,23?,29?/m0/s1. The molecule has 6 rings (SSSR count). The number of rotatable bonds is 3. The predicted octanol–water partition coefficient (Wildman–Crippen LogP) is 1.48. The molecule has 2 aliphatic carbocycles. The van der Waals surface area contributed by atoms with E-state index >= 15 is 4.39 Å². The highest BCUT2D eigenvalue weighted by Crippen LogP contribution is 2.65. The Morgan fingerprint density at radius 3 is 2.74 bits per heavy atom. The number of aromatic nitrogens is 1. The fourth-order valence-corrected chi connectivity index (χ4v) is 7.73. The average Bonchev–Trinajstić information content (AvgIpc) is 3.23. The van der Waals surface area contributed by atoms with Gasteiger partial charge in [-0.3, -0.25) is 14.5 Å². The van der Waals surface area contributed by atoms with Crippen molar-refractivity contribution in [3.05, 3.63) is 35.3 Å². The molecule has 1 N–H and O–H groups in total. The summed E-state index contributed by atoms with van der Waals surface area (Å²) in [5.41, 5.74) is 1.19. The molecular weight excluding hydrogens is 477 g/mol. The number of hydrogen-bond acceptors (Lipinski definition) is 7. The van der Waals surface area contributed by atoms with E-state index in [0.29, 0.717) is 47.7 Å². The molecule has 1 aromatic rings. The lowest BCUT2D eigenvalue weighted by Gasteiger charge is -2.30. The summed E-state index contributed by atoms with van der Waals surface area (Å²) in [5.74, 6) is 0.0823. The first-order chi connectivity index (χ1) is 16.6. The largest absolute Gasteiger partial charge is 0.442 e. The van der Waals surface area contributed by atoms with Gasteiger partial charge in [0.1, 0.15) is 29.3 Å². The number of nitrogens with zero attached hydrogens (tertiary/aromatic N) is 4. The minimum absolute atomic E-state index is 0.161. The third-order valence-electron chi connectivity index (χ3n) is 7.38. The van der Waals surface area contributed by atoms with Gasteiger partial charge in [0.05, 0.1) is 22.0 Å². The van der Waals surface area contributed by atoms with Crippen LogP contribution >= 0.6 is 0 Å². The van der Waals surface area contributed by atoms with Gasteiger partial charge in [0.25, 0.3) is 5.91 Å². The van der Waals surface area contributed by atoms with Crippen LogP contribution in [0.1, 0.15) is 31.5 Å². The third kappa shape index (κ3) is 3.15. The number of amides is 3. The number of ether oxygens (including phenoxy) is 1. The van der Waals surface area contributed by atoms with E-state index in [9.17, 15) is 18.6 Å². The minimum atomic E-state index is -2.57. The lowest BCUT2D eigenvalue weighted by molar-refractivity contribution is -0.119. The van der Waals surface area contributed by atoms with Crippen molar-refractivity contribution in [3.8, 4) is 0 Å². The number of allylic oxidation sites excluding steroid dienone is 2. The molecule has 35 heavy (non-hydrogen) atoms. The molecule has 3 saturated heterocycles. The van der Waals surface area contributed by atoms with Crippen LogP contribution in [0.2, 0.25) is 0 Å². The summed E-state index contributed by atoms with van der Waals surface area (Å²) < 4.78 is 37.6. The molecule has 3 aliphatic heterocycles. The number of cyclic esters (lactones) is 1. The van der Waals surface area contributed by atoms with Crippen molar-refractivity contribution < 1.29 is 27.7 Å². The number of hydrogen-bond donors (Lipinski definition) is 1. The molecule has 0 radical (unpaired) electrons. The molecule has 0 saturated carbocycles. The summed E-state index contributed by atoms with van der Waals surface area (Å²) >= 11 is 0. The summed E-state index contributed by atoms with van der Waals surface area (Å²) in [4.78, 5) is 43.7. The Bertz CT molecular complexity index is 1380. The first-order valence-corrected chi connectivity index (χ1v) is 13.3. The molecule has 2 bridgehead atoms. The van der Waals surface area contributed by atoms with Gasteiger partial charge < -0.3 is 15.0 Å². The Balaban J connectivity index is 1.31. The van der Waals surface area contributed by atoms with Gasteiger partial charge in [-0.05, 0) is 18.6 Å². The SMILES string of the molecule is CC(=O)N=S1(=O)CCN(c2ccc3c(n2)C2=C(F)C3=CCC23C2[C@H](CNC(C)=O)OC(=O)N23)CC1. The van der Waals surface area contributed by atoms with Crippen LogP contribution in [0.5, 0.6) is 0 Å². The van der Waals surface area contributed by atoms with Gasteiger partial charge in [-0.25, -0.2) is 18.4 Å². The number of nitrogens with one attached hydrogen (secondary N) is 1. The summed E-state index contributed by atoms with van der Waals surface area (Å²) in [6.45, 7) is 3.67. The van der Waals surface area contributed by atoms with Gasteiger partial charge in [-0.1, -0.05) is 6.08 Å². The Hall–Kier alpha value is -3.28. The zero-order valence-electron chi connectivity index (χ0n) is 19.2. The van der Waals surface area contributed by atoms with Crippen molar-refractivity contribution in [2.24, 2.45) is 4.36 Å². The molecule has 10 nitrogen and oxygen atoms in total. The molecule has 184 valence electrons. The van der Waals surface area contributed by atoms with Crippen LogP contribution in [0, 0.1) is 0 Å². The van der Waals surface area contributed by atoms with Crippen LogP contribution in [-0.2, 0) is 24.1 Å². The predicted molar refractivity (Wildman–Crippen MR) is 125 cm³/mol. The van der Waals surface area contributed by atoms with E-state index < -0.39 is 33.4 Å². The zero-order valence-corrected chi connectivity index (χ0v) is 20.1. The van der Waals surface area contributed by atoms with Crippen LogP contribution in [0.15, 0.2) is 28.4 Å². The molecule has 1 aromatic heterocycles. The summed E-state index contributed by atoms with van der Waals surface area (Å²) in [6.07, 6.45) is 1.17. The van der Waals surface area contributed by atoms with Crippen molar-refractivity contribution in [3.63, 3.8) is 0 Å². The quantitative estimate of drug-likeness (QED) is 0.623. The van der Waals surface area contributed by atoms with Gasteiger partial charge in [0, 0.05) is 55.2 Å². The van der Waals surface area contributed by atoms with Crippen molar-refractivity contribution in [2.45, 2.75) is 38.0 Å². The van der Waals surface area contributed by atoms with Crippen LogP contribution < -0.4 is 10.2 Å².